The van der Waals surface area contributed by atoms with Crippen molar-refractivity contribution >= 4 is 21.4 Å². The number of pyridine rings is 1. The van der Waals surface area contributed by atoms with Gasteiger partial charge in [0.2, 0.25) is 5.91 Å². The molecule has 3 aromatic rings. The van der Waals surface area contributed by atoms with Gasteiger partial charge in [-0.1, -0.05) is 12.1 Å². The average Bonchev–Trinajstić information content (AvgIpc) is 3.34. The summed E-state index contributed by atoms with van der Waals surface area (Å²) in [6.07, 6.45) is -2.27. The molecule has 2 N–H and O–H groups in total. The number of sulfone groups is 1. The van der Waals surface area contributed by atoms with E-state index in [0.29, 0.717) is 6.07 Å². The van der Waals surface area contributed by atoms with Crippen LogP contribution in [0.3, 0.4) is 0 Å². The van der Waals surface area contributed by atoms with Crippen LogP contribution in [0, 0.1) is 11.6 Å². The molecule has 1 aliphatic rings. The molecule has 0 unspecified atom stereocenters. The van der Waals surface area contributed by atoms with E-state index < -0.39 is 62.5 Å². The standard InChI is InChI=1S/C21H17F5N4O4S/c22-15-7-13(29-17(31)6-12-2-1-3-14(18(12)23)21(24,25)26)8-27-19(15)30-9-16(28-11-30)20(32)4-5-35(33,34)10-20/h1-3,7-9,11,32H,4-6,10H2,(H,29,31)/t20-/m0/s1. The van der Waals surface area contributed by atoms with Gasteiger partial charge in [-0.05, 0) is 18.1 Å². The number of aliphatic hydroxyl groups is 1. The van der Waals surface area contributed by atoms with E-state index in [1.165, 1.54) is 6.20 Å². The number of carbonyl (C=O) groups is 1. The number of benzene rings is 1. The smallest absolute Gasteiger partial charge is 0.382 e. The van der Waals surface area contributed by atoms with Gasteiger partial charge >= 0.3 is 6.18 Å². The molecule has 186 valence electrons. The Bertz CT molecular complexity index is 1410. The number of anilines is 1. The van der Waals surface area contributed by atoms with Crippen LogP contribution in [0.15, 0.2) is 43.0 Å². The van der Waals surface area contributed by atoms with Crippen LogP contribution in [0.4, 0.5) is 27.6 Å². The summed E-state index contributed by atoms with van der Waals surface area (Å²) in [5.41, 5.74) is -3.79. The maximum absolute atomic E-state index is 14.7. The van der Waals surface area contributed by atoms with E-state index in [2.05, 4.69) is 15.3 Å². The second-order valence-corrected chi connectivity index (χ2v) is 10.3. The van der Waals surface area contributed by atoms with Crippen molar-refractivity contribution in [2.75, 3.05) is 16.8 Å². The minimum Gasteiger partial charge on any atom is -0.382 e. The number of imidazole rings is 1. The Labute approximate surface area is 195 Å². The molecule has 8 nitrogen and oxygen atoms in total. The molecule has 0 bridgehead atoms. The predicted molar refractivity (Wildman–Crippen MR) is 112 cm³/mol. The van der Waals surface area contributed by atoms with Gasteiger partial charge in [0.05, 0.1) is 41.1 Å². The molecule has 1 aromatic carbocycles. The highest BCUT2D eigenvalue weighted by molar-refractivity contribution is 7.91. The van der Waals surface area contributed by atoms with Gasteiger partial charge in [0.1, 0.15) is 17.7 Å². The molecule has 1 fully saturated rings. The first-order valence-corrected chi connectivity index (χ1v) is 11.9. The van der Waals surface area contributed by atoms with Crippen LogP contribution in [0.2, 0.25) is 0 Å². The third-order valence-electron chi connectivity index (χ3n) is 5.43. The van der Waals surface area contributed by atoms with E-state index >= 15 is 0 Å². The second-order valence-electron chi connectivity index (χ2n) is 8.07. The highest BCUT2D eigenvalue weighted by atomic mass is 32.2. The second kappa shape index (κ2) is 8.68. The van der Waals surface area contributed by atoms with Crippen molar-refractivity contribution in [2.24, 2.45) is 0 Å². The van der Waals surface area contributed by atoms with E-state index in [0.717, 1.165) is 35.3 Å². The molecule has 0 radical (unpaired) electrons. The molecule has 0 saturated carbocycles. The molecule has 35 heavy (non-hydrogen) atoms. The minimum absolute atomic E-state index is 0.0280. The molecule has 1 amide bonds. The number of nitrogens with one attached hydrogen (secondary N) is 1. The lowest BCUT2D eigenvalue weighted by molar-refractivity contribution is -0.140. The Balaban J connectivity index is 1.48. The lowest BCUT2D eigenvalue weighted by Crippen LogP contribution is -2.27. The fourth-order valence-electron chi connectivity index (χ4n) is 3.72. The van der Waals surface area contributed by atoms with Gasteiger partial charge in [0.15, 0.2) is 21.5 Å². The number of nitrogens with zero attached hydrogens (tertiary/aromatic N) is 3. The van der Waals surface area contributed by atoms with E-state index in [-0.39, 0.29) is 29.4 Å². The summed E-state index contributed by atoms with van der Waals surface area (Å²) in [5, 5.41) is 12.8. The van der Waals surface area contributed by atoms with Gasteiger partial charge in [-0.3, -0.25) is 9.36 Å². The van der Waals surface area contributed by atoms with Crippen molar-refractivity contribution in [3.8, 4) is 5.82 Å². The van der Waals surface area contributed by atoms with E-state index in [9.17, 15) is 40.3 Å². The lowest BCUT2D eigenvalue weighted by atomic mass is 10.0. The van der Waals surface area contributed by atoms with Crippen molar-refractivity contribution in [3.05, 3.63) is 71.4 Å². The maximum atomic E-state index is 14.7. The Morgan fingerprint density at radius 1 is 1.23 bits per heavy atom. The average molecular weight is 516 g/mol. The zero-order chi connectivity index (χ0) is 25.6. The SMILES string of the molecule is O=C(Cc1cccc(C(F)(F)F)c1F)Nc1cnc(-n2cnc([C@]3(O)CCS(=O)(=O)C3)c2)c(F)c1. The van der Waals surface area contributed by atoms with Gasteiger partial charge in [0, 0.05) is 12.3 Å². The summed E-state index contributed by atoms with van der Waals surface area (Å²) < 4.78 is 91.8. The number of carbonyl (C=O) groups excluding carboxylic acids is 1. The summed E-state index contributed by atoms with van der Waals surface area (Å²) in [6.45, 7) is 0. The van der Waals surface area contributed by atoms with Crippen LogP contribution in [0.1, 0.15) is 23.2 Å². The van der Waals surface area contributed by atoms with Crippen molar-refractivity contribution in [2.45, 2.75) is 24.6 Å². The third kappa shape index (κ3) is 5.17. The molecular formula is C21H17F5N4O4S. The minimum atomic E-state index is -4.92. The van der Waals surface area contributed by atoms with Crippen molar-refractivity contribution < 1.29 is 40.3 Å². The Hall–Kier alpha value is -3.39. The fraction of sp³-hybridized carbons (Fsp3) is 0.286. The highest BCUT2D eigenvalue weighted by Gasteiger charge is 2.43. The monoisotopic (exact) mass is 516 g/mol. The molecule has 1 atom stereocenters. The molecule has 3 heterocycles. The molecule has 1 saturated heterocycles. The van der Waals surface area contributed by atoms with E-state index in [1.54, 1.807) is 0 Å². The first-order chi connectivity index (χ1) is 16.3. The number of hydrogen-bond donors (Lipinski definition) is 2. The zero-order valence-corrected chi connectivity index (χ0v) is 18.5. The Kier molecular flexibility index (Phi) is 6.13. The summed E-state index contributed by atoms with van der Waals surface area (Å²) in [7, 11) is -3.43. The number of hydrogen-bond acceptors (Lipinski definition) is 6. The van der Waals surface area contributed by atoms with E-state index in [1.807, 2.05) is 0 Å². The molecule has 0 spiro atoms. The first kappa shape index (κ1) is 24.7. The summed E-state index contributed by atoms with van der Waals surface area (Å²) >= 11 is 0. The van der Waals surface area contributed by atoms with Crippen molar-refractivity contribution in [3.63, 3.8) is 0 Å². The van der Waals surface area contributed by atoms with Gasteiger partial charge in [-0.25, -0.2) is 27.2 Å². The largest absolute Gasteiger partial charge is 0.419 e. The van der Waals surface area contributed by atoms with Crippen LogP contribution in [0.25, 0.3) is 5.82 Å². The predicted octanol–water partition coefficient (Wildman–Crippen LogP) is 2.75. The quantitative estimate of drug-likeness (QED) is 0.505. The zero-order valence-electron chi connectivity index (χ0n) is 17.7. The molecule has 1 aliphatic heterocycles. The highest BCUT2D eigenvalue weighted by Crippen LogP contribution is 2.34. The Morgan fingerprint density at radius 2 is 1.97 bits per heavy atom. The number of rotatable bonds is 5. The van der Waals surface area contributed by atoms with Crippen LogP contribution in [-0.2, 0) is 32.8 Å². The van der Waals surface area contributed by atoms with Gasteiger partial charge in [0.25, 0.3) is 0 Å². The van der Waals surface area contributed by atoms with Crippen LogP contribution < -0.4 is 5.32 Å². The molecule has 14 heteroatoms. The lowest BCUT2D eigenvalue weighted by Gasteiger charge is -2.17. The topological polar surface area (TPSA) is 114 Å². The number of amides is 1. The van der Waals surface area contributed by atoms with Gasteiger partial charge in [-0.15, -0.1) is 0 Å². The molecule has 4 rings (SSSR count). The summed E-state index contributed by atoms with van der Waals surface area (Å²) in [6, 6.07) is 3.45. The number of aromatic nitrogens is 3. The molecular weight excluding hydrogens is 499 g/mol. The first-order valence-electron chi connectivity index (χ1n) is 10.0. The maximum Gasteiger partial charge on any atom is 0.419 e. The van der Waals surface area contributed by atoms with Crippen LogP contribution >= 0.6 is 0 Å². The van der Waals surface area contributed by atoms with Crippen molar-refractivity contribution in [1.29, 1.82) is 0 Å². The number of halogens is 5. The number of alkyl halides is 3. The Morgan fingerprint density at radius 3 is 2.60 bits per heavy atom. The molecule has 0 aliphatic carbocycles. The summed E-state index contributed by atoms with van der Waals surface area (Å²) in [4.78, 5) is 20.0. The van der Waals surface area contributed by atoms with Crippen molar-refractivity contribution in [1.82, 2.24) is 14.5 Å². The molecule has 2 aromatic heterocycles. The summed E-state index contributed by atoms with van der Waals surface area (Å²) in [5.74, 6) is -4.38. The normalized spacial score (nSPS) is 19.6. The van der Waals surface area contributed by atoms with E-state index in [4.69, 9.17) is 0 Å². The third-order valence-corrected chi connectivity index (χ3v) is 7.17. The van der Waals surface area contributed by atoms with Crippen LogP contribution in [0.5, 0.6) is 0 Å². The van der Waals surface area contributed by atoms with Crippen LogP contribution in [-0.4, -0.2) is 45.5 Å². The van der Waals surface area contributed by atoms with Gasteiger partial charge in [-0.2, -0.15) is 13.2 Å². The van der Waals surface area contributed by atoms with Gasteiger partial charge < -0.3 is 10.4 Å². The fourth-order valence-corrected chi connectivity index (χ4v) is 5.53.